The Labute approximate surface area is 311 Å². The molecule has 16 heteroatoms. The first-order valence-corrected chi connectivity index (χ1v) is 16.7. The number of carboxylic acid groups (broad SMARTS) is 1. The number of carbonyl (C=O) groups is 1. The van der Waals surface area contributed by atoms with Crippen LogP contribution in [0, 0.1) is 11.6 Å². The lowest BCUT2D eigenvalue weighted by Crippen LogP contribution is -2.20. The van der Waals surface area contributed by atoms with Crippen molar-refractivity contribution < 1.29 is 33.3 Å². The highest BCUT2D eigenvalue weighted by Gasteiger charge is 2.13. The van der Waals surface area contributed by atoms with Crippen molar-refractivity contribution in [2.75, 3.05) is 0 Å². The zero-order valence-corrected chi connectivity index (χ0v) is 28.8. The lowest BCUT2D eigenvalue weighted by molar-refractivity contribution is 0.194. The molecule has 0 saturated heterocycles. The van der Waals surface area contributed by atoms with Crippen LogP contribution in [0.25, 0.3) is 33.8 Å². The van der Waals surface area contributed by atoms with Gasteiger partial charge in [0.15, 0.2) is 0 Å². The molecule has 3 N–H and O–H groups in total. The average molecular weight is 744 g/mol. The summed E-state index contributed by atoms with van der Waals surface area (Å²) in [7, 11) is 0. The van der Waals surface area contributed by atoms with E-state index in [0.717, 1.165) is 11.1 Å². The average Bonchev–Trinajstić information content (AvgIpc) is 3.82. The Morgan fingerprint density at radius 2 is 1.18 bits per heavy atom. The van der Waals surface area contributed by atoms with Crippen molar-refractivity contribution in [2.24, 2.45) is 0 Å². The molecule has 0 saturated carbocycles. The number of hydrogen-bond acceptors (Lipinski definition) is 10. The zero-order valence-electron chi connectivity index (χ0n) is 28.8. The highest BCUT2D eigenvalue weighted by molar-refractivity contribution is 5.69. The first-order chi connectivity index (χ1) is 26.8. The van der Waals surface area contributed by atoms with E-state index in [0.29, 0.717) is 57.0 Å². The zero-order chi connectivity index (χ0) is 38.1. The maximum absolute atomic E-state index is 13.6. The molecule has 8 rings (SSSR count). The van der Waals surface area contributed by atoms with Gasteiger partial charge in [-0.15, -0.1) is 0 Å². The van der Waals surface area contributed by atoms with Crippen LogP contribution in [-0.2, 0) is 26.4 Å². The highest BCUT2D eigenvalue weighted by atomic mass is 19.1. The van der Waals surface area contributed by atoms with Gasteiger partial charge in [0.1, 0.15) is 24.8 Å². The van der Waals surface area contributed by atoms with Crippen LogP contribution < -0.4 is 14.8 Å². The molecule has 0 spiro atoms. The van der Waals surface area contributed by atoms with Gasteiger partial charge >= 0.3 is 6.09 Å². The Bertz CT molecular complexity index is 2570. The number of fused-ring (bicyclic) bond motifs is 2. The first kappa shape index (κ1) is 36.0. The van der Waals surface area contributed by atoms with E-state index in [1.165, 1.54) is 24.3 Å². The number of amides is 1. The van der Waals surface area contributed by atoms with E-state index in [4.69, 9.17) is 14.6 Å². The predicted octanol–water partition coefficient (Wildman–Crippen LogP) is 6.28. The van der Waals surface area contributed by atoms with Crippen LogP contribution >= 0.6 is 0 Å². The van der Waals surface area contributed by atoms with Crippen molar-refractivity contribution in [3.63, 3.8) is 0 Å². The number of imidazole rings is 2. The van der Waals surface area contributed by atoms with Crippen LogP contribution in [0.3, 0.4) is 0 Å². The topological polar surface area (TPSA) is 174 Å². The molecule has 6 heterocycles. The number of nitrogens with zero attached hydrogens (tertiary/aromatic N) is 8. The molecule has 2 aromatic carbocycles. The van der Waals surface area contributed by atoms with Gasteiger partial charge in [-0.05, 0) is 58.7 Å². The normalized spacial score (nSPS) is 10.9. The summed E-state index contributed by atoms with van der Waals surface area (Å²) in [6.45, 7) is 0.236. The summed E-state index contributed by atoms with van der Waals surface area (Å²) in [5, 5.41) is 20.6. The lowest BCUT2D eigenvalue weighted by Gasteiger charge is -2.10. The maximum Gasteiger partial charge on any atom is 0.404 e. The summed E-state index contributed by atoms with van der Waals surface area (Å²) in [5.74, 6) is 1.21. The standard InChI is InChI=1S/C20H16FN5O3.C19H15FN4O2/c21-15-4-5-17(13(7-15)8-24-20(27)28)14-9-23-19-25-16(11-26(19)10-14)12-29-18-3-1-2-6-22-18;20-15-4-5-17(13(7-15)11-25)14-8-22-19-23-16(10-24(19)9-14)12-26-18-3-1-2-6-21-18/h1-7,9-11,24H,8,12H2,(H,27,28);1-10,25H,11-12H2. The Balaban J connectivity index is 0.000000170. The number of benzene rings is 2. The fourth-order valence-corrected chi connectivity index (χ4v) is 5.58. The Morgan fingerprint density at radius 1 is 0.673 bits per heavy atom. The van der Waals surface area contributed by atoms with Gasteiger partial charge < -0.3 is 25.0 Å². The molecule has 0 aliphatic rings. The predicted molar refractivity (Wildman–Crippen MR) is 195 cm³/mol. The summed E-state index contributed by atoms with van der Waals surface area (Å²) < 4.78 is 41.7. The minimum atomic E-state index is -1.18. The molecule has 276 valence electrons. The van der Waals surface area contributed by atoms with Gasteiger partial charge in [-0.1, -0.05) is 24.3 Å². The van der Waals surface area contributed by atoms with Crippen molar-refractivity contribution in [1.82, 2.24) is 44.0 Å². The second-order valence-electron chi connectivity index (χ2n) is 11.9. The van der Waals surface area contributed by atoms with Gasteiger partial charge in [-0.2, -0.15) is 0 Å². The van der Waals surface area contributed by atoms with Gasteiger partial charge in [0.2, 0.25) is 23.3 Å². The second kappa shape index (κ2) is 16.6. The molecule has 1 amide bonds. The highest BCUT2D eigenvalue weighted by Crippen LogP contribution is 2.26. The van der Waals surface area contributed by atoms with Gasteiger partial charge in [-0.25, -0.2) is 43.5 Å². The molecular formula is C39H31F2N9O5. The van der Waals surface area contributed by atoms with Crippen LogP contribution in [0.1, 0.15) is 22.5 Å². The number of rotatable bonds is 11. The van der Waals surface area contributed by atoms with Crippen LogP contribution in [0.2, 0.25) is 0 Å². The van der Waals surface area contributed by atoms with Gasteiger partial charge in [-0.3, -0.25) is 8.80 Å². The fraction of sp³-hybridized carbons (Fsp3) is 0.103. The maximum atomic E-state index is 13.6. The van der Waals surface area contributed by atoms with E-state index in [1.807, 2.05) is 30.6 Å². The van der Waals surface area contributed by atoms with Crippen molar-refractivity contribution in [2.45, 2.75) is 26.4 Å². The van der Waals surface area contributed by atoms with E-state index in [2.05, 4.69) is 35.2 Å². The minimum Gasteiger partial charge on any atom is -0.471 e. The molecule has 0 atom stereocenters. The van der Waals surface area contributed by atoms with Gasteiger partial charge in [0.25, 0.3) is 0 Å². The number of pyridine rings is 2. The van der Waals surface area contributed by atoms with E-state index >= 15 is 0 Å². The molecule has 0 fully saturated rings. The first-order valence-electron chi connectivity index (χ1n) is 16.7. The monoisotopic (exact) mass is 743 g/mol. The van der Waals surface area contributed by atoms with Gasteiger partial charge in [0.05, 0.1) is 18.0 Å². The summed E-state index contributed by atoms with van der Waals surface area (Å²) in [6.07, 6.45) is 12.6. The molecule has 14 nitrogen and oxygen atoms in total. The number of nitrogens with one attached hydrogen (secondary N) is 1. The third-order valence-electron chi connectivity index (χ3n) is 8.09. The number of aromatic nitrogens is 8. The minimum absolute atomic E-state index is 0.0203. The van der Waals surface area contributed by atoms with Crippen molar-refractivity contribution >= 4 is 17.6 Å². The number of aliphatic hydroxyl groups excluding tert-OH is 1. The van der Waals surface area contributed by atoms with E-state index in [1.54, 1.807) is 76.3 Å². The molecule has 0 bridgehead atoms. The quantitative estimate of drug-likeness (QED) is 0.136. The van der Waals surface area contributed by atoms with Crippen molar-refractivity contribution in [1.29, 1.82) is 0 Å². The van der Waals surface area contributed by atoms with Crippen molar-refractivity contribution in [3.05, 3.63) is 157 Å². The van der Waals surface area contributed by atoms with Crippen molar-refractivity contribution in [3.8, 4) is 34.0 Å². The summed E-state index contributed by atoms with van der Waals surface area (Å²) in [4.78, 5) is 36.5. The molecule has 55 heavy (non-hydrogen) atoms. The summed E-state index contributed by atoms with van der Waals surface area (Å²) >= 11 is 0. The van der Waals surface area contributed by atoms with Crippen LogP contribution in [0.4, 0.5) is 13.6 Å². The smallest absolute Gasteiger partial charge is 0.404 e. The van der Waals surface area contributed by atoms with Gasteiger partial charge in [0, 0.05) is 79.4 Å². The number of halogens is 2. The number of ether oxygens (including phenoxy) is 2. The molecule has 0 radical (unpaired) electrons. The number of aliphatic hydroxyl groups is 1. The Kier molecular flexibility index (Phi) is 10.9. The van der Waals surface area contributed by atoms with E-state index in [9.17, 15) is 18.7 Å². The molecule has 6 aromatic heterocycles. The van der Waals surface area contributed by atoms with E-state index in [-0.39, 0.29) is 32.2 Å². The van der Waals surface area contributed by atoms with Crippen LogP contribution in [0.5, 0.6) is 11.8 Å². The molecular weight excluding hydrogens is 712 g/mol. The second-order valence-corrected chi connectivity index (χ2v) is 11.9. The fourth-order valence-electron chi connectivity index (χ4n) is 5.58. The Hall–Kier alpha value is -7.33. The molecule has 8 aromatic rings. The summed E-state index contributed by atoms with van der Waals surface area (Å²) in [6, 6.07) is 19.4. The molecule has 0 aliphatic carbocycles. The molecule has 0 aliphatic heterocycles. The van der Waals surface area contributed by atoms with Crippen LogP contribution in [-0.4, -0.2) is 55.0 Å². The SMILES string of the molecule is O=C(O)NCc1cc(F)ccc1-c1cnc2nc(COc3ccccn3)cn2c1.OCc1cc(F)ccc1-c1cnc2nc(COc3ccccn3)cn2c1. The third kappa shape index (κ3) is 9.01. The third-order valence-corrected chi connectivity index (χ3v) is 8.09. The number of hydrogen-bond donors (Lipinski definition) is 3. The summed E-state index contributed by atoms with van der Waals surface area (Å²) in [5.41, 5.74) is 5.26. The van der Waals surface area contributed by atoms with Crippen LogP contribution in [0.15, 0.2) is 122 Å². The Morgan fingerprint density at radius 3 is 1.65 bits per heavy atom. The van der Waals surface area contributed by atoms with E-state index < -0.39 is 11.9 Å². The molecule has 0 unspecified atom stereocenters. The lowest BCUT2D eigenvalue weighted by atomic mass is 10.0. The largest absolute Gasteiger partial charge is 0.471 e.